The summed E-state index contributed by atoms with van der Waals surface area (Å²) in [6, 6.07) is 3.85. The number of halogens is 1. The van der Waals surface area contributed by atoms with E-state index in [1.807, 2.05) is 32.7 Å². The predicted molar refractivity (Wildman–Crippen MR) is 66.1 cm³/mol. The van der Waals surface area contributed by atoms with Gasteiger partial charge in [0.05, 0.1) is 11.3 Å². The highest BCUT2D eigenvalue weighted by Crippen LogP contribution is 2.28. The average molecular weight is 239 g/mol. The molecule has 17 heavy (non-hydrogen) atoms. The van der Waals surface area contributed by atoms with E-state index in [1.54, 1.807) is 0 Å². The molecule has 0 aliphatic carbocycles. The van der Waals surface area contributed by atoms with Gasteiger partial charge in [-0.1, -0.05) is 6.92 Å². The van der Waals surface area contributed by atoms with Gasteiger partial charge in [-0.25, -0.2) is 9.18 Å². The molecule has 0 unspecified atom stereocenters. The van der Waals surface area contributed by atoms with Gasteiger partial charge in [-0.2, -0.15) is 0 Å². The van der Waals surface area contributed by atoms with Crippen LogP contribution in [0.3, 0.4) is 0 Å². The molecule has 0 aliphatic rings. The van der Waals surface area contributed by atoms with Gasteiger partial charge in [-0.15, -0.1) is 0 Å². The van der Waals surface area contributed by atoms with Crippen molar-refractivity contribution in [2.75, 3.05) is 11.9 Å². The zero-order valence-electron chi connectivity index (χ0n) is 10.6. The summed E-state index contributed by atoms with van der Waals surface area (Å²) in [5, 5.41) is 9.08. The third-order valence-electron chi connectivity index (χ3n) is 3.32. The predicted octanol–water partition coefficient (Wildman–Crippen LogP) is 3.15. The Hall–Kier alpha value is -1.58. The molecule has 0 heterocycles. The van der Waals surface area contributed by atoms with Crippen LogP contribution in [0.15, 0.2) is 18.2 Å². The zero-order valence-corrected chi connectivity index (χ0v) is 10.6. The van der Waals surface area contributed by atoms with Gasteiger partial charge in [-0.3, -0.25) is 0 Å². The molecule has 0 aromatic heterocycles. The summed E-state index contributed by atoms with van der Waals surface area (Å²) in [7, 11) is 1.82. The van der Waals surface area contributed by atoms with Gasteiger partial charge in [0.25, 0.3) is 0 Å². The number of rotatable bonds is 4. The molecule has 0 saturated heterocycles. The molecule has 3 nitrogen and oxygen atoms in total. The lowest BCUT2D eigenvalue weighted by Crippen LogP contribution is -2.41. The van der Waals surface area contributed by atoms with Crippen LogP contribution < -0.4 is 4.90 Å². The number of carboxylic acid groups (broad SMARTS) is 1. The standard InChI is InChI=1S/C13H18FNO2/c1-5-13(2,3)15(4)11-7-6-9(14)8-10(11)12(16)17/h6-8H,5H2,1-4H3,(H,16,17). The highest BCUT2D eigenvalue weighted by atomic mass is 19.1. The third kappa shape index (κ3) is 2.75. The van der Waals surface area contributed by atoms with Gasteiger partial charge in [0.2, 0.25) is 0 Å². The number of nitrogens with zero attached hydrogens (tertiary/aromatic N) is 1. The average Bonchev–Trinajstić information content (AvgIpc) is 2.28. The molecule has 0 radical (unpaired) electrons. The Morgan fingerprint density at radius 2 is 2.06 bits per heavy atom. The van der Waals surface area contributed by atoms with E-state index in [1.165, 1.54) is 12.1 Å². The Labute approximate surface area is 101 Å². The normalized spacial score (nSPS) is 11.4. The summed E-state index contributed by atoms with van der Waals surface area (Å²) in [5.74, 6) is -1.65. The highest BCUT2D eigenvalue weighted by Gasteiger charge is 2.25. The maximum atomic E-state index is 13.1. The Kier molecular flexibility index (Phi) is 3.76. The number of hydrogen-bond acceptors (Lipinski definition) is 2. The van der Waals surface area contributed by atoms with Crippen molar-refractivity contribution in [2.24, 2.45) is 0 Å². The van der Waals surface area contributed by atoms with E-state index < -0.39 is 11.8 Å². The lowest BCUT2D eigenvalue weighted by atomic mass is 9.98. The Balaban J connectivity index is 3.26. The molecule has 1 rings (SSSR count). The third-order valence-corrected chi connectivity index (χ3v) is 3.32. The molecule has 1 N–H and O–H groups in total. The number of anilines is 1. The number of carboxylic acids is 1. The van der Waals surface area contributed by atoms with Crippen molar-refractivity contribution in [3.63, 3.8) is 0 Å². The van der Waals surface area contributed by atoms with Crippen LogP contribution in [-0.2, 0) is 0 Å². The second kappa shape index (κ2) is 4.73. The summed E-state index contributed by atoms with van der Waals surface area (Å²) >= 11 is 0. The quantitative estimate of drug-likeness (QED) is 0.877. The van der Waals surface area contributed by atoms with Gasteiger partial charge < -0.3 is 10.0 Å². The first kappa shape index (κ1) is 13.5. The van der Waals surface area contributed by atoms with E-state index in [-0.39, 0.29) is 11.1 Å². The van der Waals surface area contributed by atoms with Gasteiger partial charge in [0.15, 0.2) is 0 Å². The van der Waals surface area contributed by atoms with Crippen LogP contribution in [-0.4, -0.2) is 23.7 Å². The maximum absolute atomic E-state index is 13.1. The van der Waals surface area contributed by atoms with Crippen LogP contribution in [0, 0.1) is 5.82 Å². The van der Waals surface area contributed by atoms with Crippen molar-refractivity contribution in [3.8, 4) is 0 Å². The molecule has 0 aliphatic heterocycles. The number of benzene rings is 1. The van der Waals surface area contributed by atoms with E-state index in [4.69, 9.17) is 5.11 Å². The first-order valence-corrected chi connectivity index (χ1v) is 5.56. The van der Waals surface area contributed by atoms with Crippen LogP contribution in [0.1, 0.15) is 37.6 Å². The Morgan fingerprint density at radius 3 is 2.53 bits per heavy atom. The molecule has 1 aromatic rings. The van der Waals surface area contributed by atoms with E-state index in [0.29, 0.717) is 5.69 Å². The summed E-state index contributed by atoms with van der Waals surface area (Å²) in [4.78, 5) is 13.0. The van der Waals surface area contributed by atoms with Crippen molar-refractivity contribution in [2.45, 2.75) is 32.7 Å². The fourth-order valence-corrected chi connectivity index (χ4v) is 1.54. The largest absolute Gasteiger partial charge is 0.478 e. The molecule has 0 saturated carbocycles. The van der Waals surface area contributed by atoms with Crippen LogP contribution in [0.2, 0.25) is 0 Å². The van der Waals surface area contributed by atoms with Crippen molar-refractivity contribution < 1.29 is 14.3 Å². The van der Waals surface area contributed by atoms with Crippen LogP contribution >= 0.6 is 0 Å². The van der Waals surface area contributed by atoms with Crippen molar-refractivity contribution in [1.29, 1.82) is 0 Å². The Morgan fingerprint density at radius 1 is 1.47 bits per heavy atom. The summed E-state index contributed by atoms with van der Waals surface area (Å²) in [5.41, 5.74) is 0.349. The topological polar surface area (TPSA) is 40.5 Å². The molecule has 0 atom stereocenters. The summed E-state index contributed by atoms with van der Waals surface area (Å²) in [6.07, 6.45) is 0.861. The second-order valence-electron chi connectivity index (χ2n) is 4.69. The minimum Gasteiger partial charge on any atom is -0.478 e. The zero-order chi connectivity index (χ0) is 13.2. The maximum Gasteiger partial charge on any atom is 0.337 e. The van der Waals surface area contributed by atoms with Crippen molar-refractivity contribution in [3.05, 3.63) is 29.6 Å². The van der Waals surface area contributed by atoms with E-state index in [2.05, 4.69) is 0 Å². The monoisotopic (exact) mass is 239 g/mol. The van der Waals surface area contributed by atoms with Crippen molar-refractivity contribution >= 4 is 11.7 Å². The van der Waals surface area contributed by atoms with E-state index in [0.717, 1.165) is 12.5 Å². The minimum atomic E-state index is -1.11. The smallest absolute Gasteiger partial charge is 0.337 e. The first-order chi connectivity index (χ1) is 7.79. The molecular formula is C13H18FNO2. The molecule has 0 fully saturated rings. The molecule has 0 amide bonds. The molecule has 0 spiro atoms. The van der Waals surface area contributed by atoms with Crippen molar-refractivity contribution in [1.82, 2.24) is 0 Å². The molecule has 0 bridgehead atoms. The van der Waals surface area contributed by atoms with Crippen LogP contribution in [0.5, 0.6) is 0 Å². The fraction of sp³-hybridized carbons (Fsp3) is 0.462. The lowest BCUT2D eigenvalue weighted by molar-refractivity contribution is 0.0697. The number of aromatic carboxylic acids is 1. The number of hydrogen-bond donors (Lipinski definition) is 1. The van der Waals surface area contributed by atoms with Crippen LogP contribution in [0.4, 0.5) is 10.1 Å². The fourth-order valence-electron chi connectivity index (χ4n) is 1.54. The highest BCUT2D eigenvalue weighted by molar-refractivity contribution is 5.94. The van der Waals surface area contributed by atoms with Gasteiger partial charge in [0, 0.05) is 12.6 Å². The molecule has 1 aromatic carbocycles. The van der Waals surface area contributed by atoms with E-state index in [9.17, 15) is 9.18 Å². The van der Waals surface area contributed by atoms with Crippen LogP contribution in [0.25, 0.3) is 0 Å². The molecule has 94 valence electrons. The number of carbonyl (C=O) groups is 1. The van der Waals surface area contributed by atoms with Gasteiger partial charge >= 0.3 is 5.97 Å². The molecular weight excluding hydrogens is 221 g/mol. The van der Waals surface area contributed by atoms with Gasteiger partial charge in [-0.05, 0) is 38.5 Å². The summed E-state index contributed by atoms with van der Waals surface area (Å²) < 4.78 is 13.1. The Bertz CT molecular complexity index is 429. The SMILES string of the molecule is CCC(C)(C)N(C)c1ccc(F)cc1C(=O)O. The first-order valence-electron chi connectivity index (χ1n) is 5.56. The minimum absolute atomic E-state index is 0.00553. The summed E-state index contributed by atoms with van der Waals surface area (Å²) in [6.45, 7) is 6.06. The second-order valence-corrected chi connectivity index (χ2v) is 4.69. The lowest BCUT2D eigenvalue weighted by Gasteiger charge is -2.37. The molecule has 4 heteroatoms. The van der Waals surface area contributed by atoms with E-state index >= 15 is 0 Å². The van der Waals surface area contributed by atoms with Gasteiger partial charge in [0.1, 0.15) is 5.82 Å².